The highest BCUT2D eigenvalue weighted by molar-refractivity contribution is 7.91. The largest absolute Gasteiger partial charge is 0.416 e. The van der Waals surface area contributed by atoms with E-state index in [0.29, 0.717) is 12.8 Å². The average molecular weight is 425 g/mol. The van der Waals surface area contributed by atoms with Gasteiger partial charge < -0.3 is 4.90 Å². The molecule has 0 saturated carbocycles. The SMILES string of the molecule is CCCCN(c1c([N+](=O)[O-])cc(C(F)(F)F)cc1[N+](=O)[O-])C1CCS(=O)(=O)C1. The van der Waals surface area contributed by atoms with E-state index in [4.69, 9.17) is 0 Å². The molecule has 0 bridgehead atoms. The summed E-state index contributed by atoms with van der Waals surface area (Å²) in [6.45, 7) is 1.84. The van der Waals surface area contributed by atoms with Gasteiger partial charge >= 0.3 is 6.18 Å². The van der Waals surface area contributed by atoms with E-state index in [1.807, 2.05) is 0 Å². The topological polar surface area (TPSA) is 124 Å². The van der Waals surface area contributed by atoms with Gasteiger partial charge in [-0.2, -0.15) is 13.2 Å². The average Bonchev–Trinajstić information content (AvgIpc) is 2.93. The van der Waals surface area contributed by atoms with Crippen molar-refractivity contribution in [3.05, 3.63) is 37.9 Å². The van der Waals surface area contributed by atoms with Gasteiger partial charge in [-0.25, -0.2) is 8.42 Å². The van der Waals surface area contributed by atoms with Crippen molar-refractivity contribution < 1.29 is 31.4 Å². The number of hydrogen-bond donors (Lipinski definition) is 0. The fourth-order valence-corrected chi connectivity index (χ4v) is 4.90. The number of nitro groups is 2. The third-order valence-corrected chi connectivity index (χ3v) is 6.23. The van der Waals surface area contributed by atoms with Gasteiger partial charge in [0, 0.05) is 24.7 Å². The molecule has 1 aliphatic heterocycles. The van der Waals surface area contributed by atoms with Gasteiger partial charge in [0.25, 0.3) is 11.4 Å². The molecule has 1 aliphatic rings. The molecule has 1 aromatic rings. The number of unbranched alkanes of at least 4 members (excludes halogenated alkanes) is 1. The molecule has 0 N–H and O–H groups in total. The molecular formula is C15H18F3N3O6S. The summed E-state index contributed by atoms with van der Waals surface area (Å²) in [6, 6.07) is -0.277. The number of nitrogens with zero attached hydrogens (tertiary/aromatic N) is 3. The molecule has 0 aromatic heterocycles. The van der Waals surface area contributed by atoms with E-state index >= 15 is 0 Å². The summed E-state index contributed by atoms with van der Waals surface area (Å²) in [5.41, 5.74) is -4.23. The standard InChI is InChI=1S/C15H18F3N3O6S/c1-2-3-5-19(11-4-6-28(26,27)9-11)14-12(20(22)23)7-10(15(16,17)18)8-13(14)21(24)25/h7-8,11H,2-6,9H2,1H3. The molecule has 156 valence electrons. The van der Waals surface area contributed by atoms with E-state index in [1.165, 1.54) is 4.90 Å². The predicted octanol–water partition coefficient (Wildman–Crippen LogP) is 3.32. The summed E-state index contributed by atoms with van der Waals surface area (Å²) in [7, 11) is -3.43. The molecule has 0 aliphatic carbocycles. The minimum Gasteiger partial charge on any atom is -0.356 e. The molecule has 1 saturated heterocycles. The minimum absolute atomic E-state index is 0.0454. The highest BCUT2D eigenvalue weighted by Crippen LogP contribution is 2.44. The second-order valence-corrected chi connectivity index (χ2v) is 8.71. The smallest absolute Gasteiger partial charge is 0.356 e. The van der Waals surface area contributed by atoms with Gasteiger partial charge in [0.05, 0.1) is 26.9 Å². The molecule has 28 heavy (non-hydrogen) atoms. The van der Waals surface area contributed by atoms with Crippen LogP contribution in [0.3, 0.4) is 0 Å². The lowest BCUT2D eigenvalue weighted by atomic mass is 10.1. The quantitative estimate of drug-likeness (QED) is 0.485. The van der Waals surface area contributed by atoms with Crippen LogP contribution in [0, 0.1) is 20.2 Å². The Bertz CT molecular complexity index is 852. The number of nitro benzene ring substituents is 2. The van der Waals surface area contributed by atoms with E-state index in [0.717, 1.165) is 0 Å². The third-order valence-electron chi connectivity index (χ3n) is 4.48. The maximum atomic E-state index is 13.1. The lowest BCUT2D eigenvalue weighted by Crippen LogP contribution is -2.38. The molecule has 0 spiro atoms. The Morgan fingerprint density at radius 2 is 1.71 bits per heavy atom. The van der Waals surface area contributed by atoms with Gasteiger partial charge in [-0.05, 0) is 12.8 Å². The van der Waals surface area contributed by atoms with Crippen LogP contribution < -0.4 is 4.90 Å². The zero-order valence-electron chi connectivity index (χ0n) is 14.8. The van der Waals surface area contributed by atoms with Gasteiger partial charge in [-0.3, -0.25) is 20.2 Å². The number of anilines is 1. The van der Waals surface area contributed by atoms with E-state index in [1.54, 1.807) is 6.92 Å². The first-order chi connectivity index (χ1) is 12.9. The van der Waals surface area contributed by atoms with Crippen LogP contribution in [0.5, 0.6) is 0 Å². The normalized spacial score (nSPS) is 18.8. The van der Waals surface area contributed by atoms with Crippen LogP contribution in [0.15, 0.2) is 12.1 Å². The summed E-state index contributed by atoms with van der Waals surface area (Å²) in [5, 5.41) is 22.9. The lowest BCUT2D eigenvalue weighted by molar-refractivity contribution is -0.393. The van der Waals surface area contributed by atoms with Crippen LogP contribution in [0.4, 0.5) is 30.2 Å². The molecule has 1 unspecified atom stereocenters. The van der Waals surface area contributed by atoms with Crippen LogP contribution in [-0.2, 0) is 16.0 Å². The second kappa shape index (κ2) is 7.89. The summed E-state index contributed by atoms with van der Waals surface area (Å²) in [5.74, 6) is -0.561. The maximum Gasteiger partial charge on any atom is 0.416 e. The van der Waals surface area contributed by atoms with Gasteiger partial charge in [0.1, 0.15) is 0 Å². The molecule has 1 fully saturated rings. The summed E-state index contributed by atoms with van der Waals surface area (Å²) in [4.78, 5) is 21.9. The van der Waals surface area contributed by atoms with Crippen LogP contribution >= 0.6 is 0 Å². The van der Waals surface area contributed by atoms with E-state index in [9.17, 15) is 41.8 Å². The monoisotopic (exact) mass is 425 g/mol. The van der Waals surface area contributed by atoms with Crippen LogP contribution in [0.25, 0.3) is 0 Å². The number of hydrogen-bond acceptors (Lipinski definition) is 7. The molecule has 0 radical (unpaired) electrons. The number of benzene rings is 1. The third kappa shape index (κ3) is 4.69. The minimum atomic E-state index is -5.01. The molecular weight excluding hydrogens is 407 g/mol. The van der Waals surface area contributed by atoms with E-state index < -0.39 is 54.5 Å². The Labute approximate surface area is 158 Å². The Morgan fingerprint density at radius 1 is 1.18 bits per heavy atom. The fraction of sp³-hybridized carbons (Fsp3) is 0.600. The van der Waals surface area contributed by atoms with Crippen molar-refractivity contribution in [3.8, 4) is 0 Å². The Hall–Kier alpha value is -2.44. The molecule has 9 nitrogen and oxygen atoms in total. The Kier molecular flexibility index (Phi) is 6.16. The highest BCUT2D eigenvalue weighted by Gasteiger charge is 2.42. The van der Waals surface area contributed by atoms with Gasteiger partial charge in [0.15, 0.2) is 15.5 Å². The molecule has 0 amide bonds. The Morgan fingerprint density at radius 3 is 2.07 bits per heavy atom. The first-order valence-electron chi connectivity index (χ1n) is 8.38. The predicted molar refractivity (Wildman–Crippen MR) is 94.1 cm³/mol. The number of rotatable bonds is 7. The molecule has 2 rings (SSSR count). The Balaban J connectivity index is 2.73. The highest BCUT2D eigenvalue weighted by atomic mass is 32.2. The second-order valence-electron chi connectivity index (χ2n) is 6.48. The number of halogens is 3. The van der Waals surface area contributed by atoms with Crippen LogP contribution in [-0.4, -0.2) is 42.4 Å². The van der Waals surface area contributed by atoms with Crippen molar-refractivity contribution in [1.82, 2.24) is 0 Å². The molecule has 1 heterocycles. The van der Waals surface area contributed by atoms with Crippen molar-refractivity contribution in [3.63, 3.8) is 0 Å². The number of sulfone groups is 1. The number of alkyl halides is 3. The first kappa shape index (κ1) is 21.9. The summed E-state index contributed by atoms with van der Waals surface area (Å²) in [6.07, 6.45) is -3.91. The van der Waals surface area contributed by atoms with Gasteiger partial charge in [0.2, 0.25) is 0 Å². The van der Waals surface area contributed by atoms with Crippen molar-refractivity contribution in [2.45, 2.75) is 38.4 Å². The van der Waals surface area contributed by atoms with Crippen molar-refractivity contribution >= 4 is 26.9 Å². The van der Waals surface area contributed by atoms with E-state index in [-0.39, 0.29) is 36.6 Å². The van der Waals surface area contributed by atoms with Crippen molar-refractivity contribution in [1.29, 1.82) is 0 Å². The van der Waals surface area contributed by atoms with E-state index in [2.05, 4.69) is 0 Å². The fourth-order valence-electron chi connectivity index (χ4n) is 3.17. The summed E-state index contributed by atoms with van der Waals surface area (Å²) < 4.78 is 62.9. The van der Waals surface area contributed by atoms with Gasteiger partial charge in [-0.1, -0.05) is 13.3 Å². The van der Waals surface area contributed by atoms with Crippen LogP contribution in [0.1, 0.15) is 31.7 Å². The van der Waals surface area contributed by atoms with Gasteiger partial charge in [-0.15, -0.1) is 0 Å². The van der Waals surface area contributed by atoms with Crippen molar-refractivity contribution in [2.75, 3.05) is 23.0 Å². The molecule has 1 aromatic carbocycles. The zero-order valence-corrected chi connectivity index (χ0v) is 15.6. The zero-order chi connectivity index (χ0) is 21.3. The maximum absolute atomic E-state index is 13.1. The molecule has 1 atom stereocenters. The molecule has 13 heteroatoms. The van der Waals surface area contributed by atoms with Crippen LogP contribution in [0.2, 0.25) is 0 Å². The lowest BCUT2D eigenvalue weighted by Gasteiger charge is -2.30. The summed E-state index contributed by atoms with van der Waals surface area (Å²) >= 11 is 0. The van der Waals surface area contributed by atoms with Crippen molar-refractivity contribution in [2.24, 2.45) is 0 Å². The first-order valence-corrected chi connectivity index (χ1v) is 10.2.